The molecule has 0 saturated heterocycles. The lowest BCUT2D eigenvalue weighted by atomic mass is 9.83. The van der Waals surface area contributed by atoms with E-state index in [0.29, 0.717) is 6.04 Å². The van der Waals surface area contributed by atoms with Crippen molar-refractivity contribution in [3.8, 4) is 5.75 Å². The molecule has 0 aliphatic carbocycles. The van der Waals surface area contributed by atoms with Gasteiger partial charge in [-0.3, -0.25) is 0 Å². The summed E-state index contributed by atoms with van der Waals surface area (Å²) in [6.07, 6.45) is 2.18. The van der Waals surface area contributed by atoms with E-state index in [1.807, 2.05) is 20.0 Å². The molecule has 1 atom stereocenters. The summed E-state index contributed by atoms with van der Waals surface area (Å²) in [6.45, 7) is 9.60. The van der Waals surface area contributed by atoms with Crippen molar-refractivity contribution < 1.29 is 4.74 Å². The summed E-state index contributed by atoms with van der Waals surface area (Å²) in [7, 11) is 2.05. The van der Waals surface area contributed by atoms with Crippen molar-refractivity contribution in [3.05, 3.63) is 29.8 Å². The Morgan fingerprint density at radius 3 is 2.44 bits per heavy atom. The van der Waals surface area contributed by atoms with E-state index in [2.05, 4.69) is 44.3 Å². The van der Waals surface area contributed by atoms with Gasteiger partial charge in [-0.2, -0.15) is 0 Å². The second-order valence-electron chi connectivity index (χ2n) is 5.79. The molecule has 0 heterocycles. The van der Waals surface area contributed by atoms with E-state index in [4.69, 9.17) is 4.74 Å². The maximum absolute atomic E-state index is 5.67. The predicted molar refractivity (Wildman–Crippen MR) is 78.2 cm³/mol. The van der Waals surface area contributed by atoms with Gasteiger partial charge in [0.2, 0.25) is 0 Å². The average molecular weight is 249 g/mol. The van der Waals surface area contributed by atoms with Crippen LogP contribution in [-0.2, 0) is 6.42 Å². The Labute approximate surface area is 112 Å². The lowest BCUT2D eigenvalue weighted by molar-refractivity contribution is 0.266. The van der Waals surface area contributed by atoms with Gasteiger partial charge < -0.3 is 10.1 Å². The van der Waals surface area contributed by atoms with Gasteiger partial charge in [0, 0.05) is 6.04 Å². The Morgan fingerprint density at radius 1 is 1.22 bits per heavy atom. The van der Waals surface area contributed by atoms with Crippen molar-refractivity contribution in [3.63, 3.8) is 0 Å². The molecular formula is C16H27NO. The lowest BCUT2D eigenvalue weighted by Gasteiger charge is -2.30. The van der Waals surface area contributed by atoms with Crippen LogP contribution in [-0.4, -0.2) is 19.7 Å². The van der Waals surface area contributed by atoms with Crippen LogP contribution in [0.1, 0.15) is 39.7 Å². The maximum atomic E-state index is 5.67. The standard InChI is InChI=1S/C16H27NO/c1-6-18-14-10-8-7-9-13(14)11-12-15(17-5)16(2,3)4/h7-10,15,17H,6,11-12H2,1-5H3. The molecule has 18 heavy (non-hydrogen) atoms. The molecule has 0 spiro atoms. The minimum Gasteiger partial charge on any atom is -0.494 e. The molecule has 0 amide bonds. The fourth-order valence-electron chi connectivity index (χ4n) is 2.32. The minimum atomic E-state index is 0.287. The first-order valence-corrected chi connectivity index (χ1v) is 6.87. The topological polar surface area (TPSA) is 21.3 Å². The zero-order valence-corrected chi connectivity index (χ0v) is 12.4. The van der Waals surface area contributed by atoms with Gasteiger partial charge in [0.1, 0.15) is 5.75 Å². The van der Waals surface area contributed by atoms with Crippen molar-refractivity contribution >= 4 is 0 Å². The Hall–Kier alpha value is -1.02. The summed E-state index contributed by atoms with van der Waals surface area (Å²) >= 11 is 0. The third-order valence-corrected chi connectivity index (χ3v) is 3.37. The largest absolute Gasteiger partial charge is 0.494 e. The van der Waals surface area contributed by atoms with Gasteiger partial charge in [-0.25, -0.2) is 0 Å². The van der Waals surface area contributed by atoms with Crippen LogP contribution < -0.4 is 10.1 Å². The Bertz CT molecular complexity index is 354. The molecule has 0 aliphatic rings. The highest BCUT2D eigenvalue weighted by Gasteiger charge is 2.22. The second-order valence-corrected chi connectivity index (χ2v) is 5.79. The fourth-order valence-corrected chi connectivity index (χ4v) is 2.32. The van der Waals surface area contributed by atoms with Gasteiger partial charge >= 0.3 is 0 Å². The van der Waals surface area contributed by atoms with Crippen molar-refractivity contribution in [1.29, 1.82) is 0 Å². The number of ether oxygens (including phenoxy) is 1. The zero-order chi connectivity index (χ0) is 13.6. The van der Waals surface area contributed by atoms with Gasteiger partial charge in [0.15, 0.2) is 0 Å². The maximum Gasteiger partial charge on any atom is 0.122 e. The van der Waals surface area contributed by atoms with E-state index in [0.717, 1.165) is 25.2 Å². The normalized spacial score (nSPS) is 13.4. The van der Waals surface area contributed by atoms with Crippen molar-refractivity contribution in [2.75, 3.05) is 13.7 Å². The molecule has 1 unspecified atom stereocenters. The van der Waals surface area contributed by atoms with Gasteiger partial charge in [0.25, 0.3) is 0 Å². The smallest absolute Gasteiger partial charge is 0.122 e. The molecule has 1 aromatic rings. The molecule has 2 nitrogen and oxygen atoms in total. The van der Waals surface area contributed by atoms with Crippen LogP contribution in [0, 0.1) is 5.41 Å². The Balaban J connectivity index is 2.67. The van der Waals surface area contributed by atoms with E-state index < -0.39 is 0 Å². The molecule has 0 saturated carbocycles. The molecule has 1 rings (SSSR count). The number of rotatable bonds is 6. The predicted octanol–water partition coefficient (Wildman–Crippen LogP) is 3.65. The zero-order valence-electron chi connectivity index (χ0n) is 12.4. The third-order valence-electron chi connectivity index (χ3n) is 3.37. The van der Waals surface area contributed by atoms with E-state index in [9.17, 15) is 0 Å². The van der Waals surface area contributed by atoms with Crippen LogP contribution in [0.5, 0.6) is 5.75 Å². The first kappa shape index (κ1) is 15.0. The monoisotopic (exact) mass is 249 g/mol. The van der Waals surface area contributed by atoms with Crippen LogP contribution in [0.15, 0.2) is 24.3 Å². The summed E-state index contributed by atoms with van der Waals surface area (Å²) in [5.41, 5.74) is 1.60. The molecule has 0 fully saturated rings. The van der Waals surface area contributed by atoms with Crippen LogP contribution in [0.2, 0.25) is 0 Å². The molecule has 0 bridgehead atoms. The van der Waals surface area contributed by atoms with Crippen molar-refractivity contribution in [2.45, 2.75) is 46.6 Å². The lowest BCUT2D eigenvalue weighted by Crippen LogP contribution is -2.38. The molecular weight excluding hydrogens is 222 g/mol. The van der Waals surface area contributed by atoms with Gasteiger partial charge in [0.05, 0.1) is 6.61 Å². The number of benzene rings is 1. The number of aryl methyl sites for hydroxylation is 1. The molecule has 1 aromatic carbocycles. The molecule has 0 aliphatic heterocycles. The van der Waals surface area contributed by atoms with Gasteiger partial charge in [-0.05, 0) is 43.9 Å². The van der Waals surface area contributed by atoms with Gasteiger partial charge in [-0.15, -0.1) is 0 Å². The first-order valence-electron chi connectivity index (χ1n) is 6.87. The van der Waals surface area contributed by atoms with E-state index in [-0.39, 0.29) is 5.41 Å². The Kier molecular flexibility index (Phi) is 5.67. The van der Waals surface area contributed by atoms with Crippen LogP contribution in [0.3, 0.4) is 0 Å². The number of para-hydroxylation sites is 1. The molecule has 1 N–H and O–H groups in total. The third kappa shape index (κ3) is 4.34. The van der Waals surface area contributed by atoms with Crippen molar-refractivity contribution in [1.82, 2.24) is 5.32 Å². The minimum absolute atomic E-state index is 0.287. The summed E-state index contributed by atoms with van der Waals surface area (Å²) in [6, 6.07) is 8.87. The van der Waals surface area contributed by atoms with Gasteiger partial charge in [-0.1, -0.05) is 39.0 Å². The first-order chi connectivity index (χ1) is 8.49. The summed E-state index contributed by atoms with van der Waals surface area (Å²) < 4.78 is 5.67. The highest BCUT2D eigenvalue weighted by molar-refractivity contribution is 5.33. The highest BCUT2D eigenvalue weighted by Crippen LogP contribution is 2.25. The number of hydrogen-bond acceptors (Lipinski definition) is 2. The van der Waals surface area contributed by atoms with E-state index >= 15 is 0 Å². The molecule has 2 heteroatoms. The molecule has 0 aromatic heterocycles. The Morgan fingerprint density at radius 2 is 1.89 bits per heavy atom. The summed E-state index contributed by atoms with van der Waals surface area (Å²) in [5, 5.41) is 3.42. The SMILES string of the molecule is CCOc1ccccc1CCC(NC)C(C)(C)C. The average Bonchev–Trinajstić information content (AvgIpc) is 2.30. The highest BCUT2D eigenvalue weighted by atomic mass is 16.5. The quantitative estimate of drug-likeness (QED) is 0.831. The van der Waals surface area contributed by atoms with E-state index in [1.165, 1.54) is 5.56 Å². The van der Waals surface area contributed by atoms with Crippen LogP contribution in [0.4, 0.5) is 0 Å². The molecule has 102 valence electrons. The number of hydrogen-bond donors (Lipinski definition) is 1. The number of nitrogens with one attached hydrogen (secondary N) is 1. The fraction of sp³-hybridized carbons (Fsp3) is 0.625. The molecule has 0 radical (unpaired) electrons. The van der Waals surface area contributed by atoms with Crippen LogP contribution >= 0.6 is 0 Å². The summed E-state index contributed by atoms with van der Waals surface area (Å²) in [5.74, 6) is 1.03. The second kappa shape index (κ2) is 6.79. The van der Waals surface area contributed by atoms with Crippen LogP contribution in [0.25, 0.3) is 0 Å². The van der Waals surface area contributed by atoms with Crippen molar-refractivity contribution in [2.24, 2.45) is 5.41 Å². The van der Waals surface area contributed by atoms with E-state index in [1.54, 1.807) is 0 Å². The summed E-state index contributed by atoms with van der Waals surface area (Å²) in [4.78, 5) is 0.